The number of amides is 1. The molecule has 7 heteroatoms. The molecule has 1 aliphatic rings. The minimum absolute atomic E-state index is 0.00982. The van der Waals surface area contributed by atoms with Crippen LogP contribution in [0.2, 0.25) is 0 Å². The van der Waals surface area contributed by atoms with Crippen molar-refractivity contribution >= 4 is 17.4 Å². The van der Waals surface area contributed by atoms with Gasteiger partial charge in [0.1, 0.15) is 23.0 Å². The normalized spacial score (nSPS) is 16.9. The first-order chi connectivity index (χ1) is 17.0. The molecule has 0 aromatic heterocycles. The summed E-state index contributed by atoms with van der Waals surface area (Å²) in [5.41, 5.74) is 1.86. The van der Waals surface area contributed by atoms with Crippen LogP contribution in [0.1, 0.15) is 29.7 Å². The average Bonchev–Trinajstić information content (AvgIpc) is 3.14. The van der Waals surface area contributed by atoms with Gasteiger partial charge in [-0.1, -0.05) is 42.5 Å². The van der Waals surface area contributed by atoms with E-state index in [2.05, 4.69) is 0 Å². The molecule has 0 radical (unpaired) electrons. The third-order valence-corrected chi connectivity index (χ3v) is 5.91. The molecule has 0 spiro atoms. The smallest absolute Gasteiger partial charge is 0.295 e. The molecule has 0 aliphatic carbocycles. The van der Waals surface area contributed by atoms with Crippen LogP contribution in [0.25, 0.3) is 5.76 Å². The Morgan fingerprint density at radius 2 is 1.60 bits per heavy atom. The van der Waals surface area contributed by atoms with Gasteiger partial charge in [0, 0.05) is 12.6 Å². The van der Waals surface area contributed by atoms with E-state index in [1.807, 2.05) is 61.5 Å². The van der Waals surface area contributed by atoms with E-state index in [4.69, 9.17) is 14.2 Å². The fourth-order valence-electron chi connectivity index (χ4n) is 4.22. The van der Waals surface area contributed by atoms with Crippen molar-refractivity contribution in [1.29, 1.82) is 0 Å². The first-order valence-electron chi connectivity index (χ1n) is 11.3. The quantitative estimate of drug-likeness (QED) is 0.289. The van der Waals surface area contributed by atoms with Crippen LogP contribution in [-0.4, -0.2) is 42.5 Å². The number of rotatable bonds is 8. The summed E-state index contributed by atoms with van der Waals surface area (Å²) in [6, 6.07) is 20.7. The molecule has 1 saturated heterocycles. The van der Waals surface area contributed by atoms with Crippen molar-refractivity contribution < 1.29 is 28.9 Å². The maximum absolute atomic E-state index is 13.3. The SMILES string of the molecule is CCOc1ccc(CN2C(=O)C(=O)/C(=C(\O)c3ccc(OC)cc3OC)C2c2ccccc2)cc1. The predicted molar refractivity (Wildman–Crippen MR) is 131 cm³/mol. The Kier molecular flexibility index (Phi) is 7.06. The topological polar surface area (TPSA) is 85.3 Å². The Morgan fingerprint density at radius 3 is 2.23 bits per heavy atom. The molecule has 35 heavy (non-hydrogen) atoms. The van der Waals surface area contributed by atoms with E-state index in [1.54, 1.807) is 18.2 Å². The fraction of sp³-hybridized carbons (Fsp3) is 0.214. The van der Waals surface area contributed by atoms with E-state index >= 15 is 0 Å². The molecule has 1 fully saturated rings. The summed E-state index contributed by atoms with van der Waals surface area (Å²) < 4.78 is 16.2. The largest absolute Gasteiger partial charge is 0.507 e. The number of hydrogen-bond donors (Lipinski definition) is 1. The Hall–Kier alpha value is -4.26. The van der Waals surface area contributed by atoms with Crippen LogP contribution < -0.4 is 14.2 Å². The van der Waals surface area contributed by atoms with E-state index in [-0.39, 0.29) is 17.9 Å². The van der Waals surface area contributed by atoms with Crippen LogP contribution in [-0.2, 0) is 16.1 Å². The number of nitrogens with zero attached hydrogens (tertiary/aromatic N) is 1. The molecule has 1 atom stereocenters. The molecule has 1 N–H and O–H groups in total. The number of methoxy groups -OCH3 is 2. The number of benzene rings is 3. The van der Waals surface area contributed by atoms with Crippen LogP contribution in [0.15, 0.2) is 78.4 Å². The molecular weight excluding hydrogens is 446 g/mol. The first-order valence-corrected chi connectivity index (χ1v) is 11.3. The summed E-state index contributed by atoms with van der Waals surface area (Å²) in [6.07, 6.45) is 0. The van der Waals surface area contributed by atoms with E-state index < -0.39 is 17.7 Å². The highest BCUT2D eigenvalue weighted by atomic mass is 16.5. The van der Waals surface area contributed by atoms with Gasteiger partial charge in [0.05, 0.1) is 38.0 Å². The van der Waals surface area contributed by atoms with E-state index in [9.17, 15) is 14.7 Å². The predicted octanol–water partition coefficient (Wildman–Crippen LogP) is 4.72. The number of hydrogen-bond acceptors (Lipinski definition) is 6. The van der Waals surface area contributed by atoms with Gasteiger partial charge in [-0.2, -0.15) is 0 Å². The van der Waals surface area contributed by atoms with Gasteiger partial charge in [-0.15, -0.1) is 0 Å². The van der Waals surface area contributed by atoms with Crippen LogP contribution in [0.4, 0.5) is 0 Å². The molecule has 1 aliphatic heterocycles. The van der Waals surface area contributed by atoms with Gasteiger partial charge in [0.25, 0.3) is 11.7 Å². The van der Waals surface area contributed by atoms with Crippen LogP contribution >= 0.6 is 0 Å². The van der Waals surface area contributed by atoms with Gasteiger partial charge in [-0.25, -0.2) is 0 Å². The van der Waals surface area contributed by atoms with Crippen LogP contribution in [0.3, 0.4) is 0 Å². The maximum Gasteiger partial charge on any atom is 0.295 e. The number of carbonyl (C=O) groups excluding carboxylic acids is 2. The number of aliphatic hydroxyl groups excluding tert-OH is 1. The van der Waals surface area contributed by atoms with Crippen molar-refractivity contribution in [3.63, 3.8) is 0 Å². The molecule has 0 bridgehead atoms. The molecular formula is C28H27NO6. The van der Waals surface area contributed by atoms with Gasteiger partial charge in [-0.3, -0.25) is 9.59 Å². The Bertz CT molecular complexity index is 1250. The summed E-state index contributed by atoms with van der Waals surface area (Å²) in [6.45, 7) is 2.65. The van der Waals surface area contributed by atoms with E-state index in [0.717, 1.165) is 11.3 Å². The first kappa shape index (κ1) is 23.9. The maximum atomic E-state index is 13.3. The fourth-order valence-corrected chi connectivity index (χ4v) is 4.22. The lowest BCUT2D eigenvalue weighted by atomic mass is 9.95. The molecule has 0 saturated carbocycles. The highest BCUT2D eigenvalue weighted by Gasteiger charge is 2.46. The van der Waals surface area contributed by atoms with Crippen molar-refractivity contribution in [1.82, 2.24) is 4.90 Å². The van der Waals surface area contributed by atoms with Crippen molar-refractivity contribution in [3.05, 3.63) is 95.1 Å². The standard InChI is InChI=1S/C28H27NO6/c1-4-35-20-12-10-18(11-13-20)17-29-25(19-8-6-5-7-9-19)24(27(31)28(29)32)26(30)22-15-14-21(33-2)16-23(22)34-3/h5-16,25,30H,4,17H2,1-3H3/b26-24-. The number of ketones is 1. The molecule has 3 aromatic rings. The number of Topliss-reactive ketones (excluding diaryl/α,β-unsaturated/α-hetero) is 1. The van der Waals surface area contributed by atoms with E-state index in [0.29, 0.717) is 29.2 Å². The molecule has 1 heterocycles. The zero-order valence-corrected chi connectivity index (χ0v) is 19.9. The highest BCUT2D eigenvalue weighted by molar-refractivity contribution is 6.46. The Labute approximate surface area is 204 Å². The second kappa shape index (κ2) is 10.3. The van der Waals surface area contributed by atoms with Crippen molar-refractivity contribution in [2.24, 2.45) is 0 Å². The summed E-state index contributed by atoms with van der Waals surface area (Å²) in [4.78, 5) is 28.0. The lowest BCUT2D eigenvalue weighted by molar-refractivity contribution is -0.140. The van der Waals surface area contributed by atoms with E-state index in [1.165, 1.54) is 19.1 Å². The third-order valence-electron chi connectivity index (χ3n) is 5.91. The van der Waals surface area contributed by atoms with Gasteiger partial charge in [-0.05, 0) is 42.3 Å². The monoisotopic (exact) mass is 473 g/mol. The molecule has 1 unspecified atom stereocenters. The Balaban J connectivity index is 1.81. The summed E-state index contributed by atoms with van der Waals surface area (Å²) in [5, 5.41) is 11.3. The molecule has 7 nitrogen and oxygen atoms in total. The number of carbonyl (C=O) groups is 2. The zero-order chi connectivity index (χ0) is 24.9. The lowest BCUT2D eigenvalue weighted by Gasteiger charge is -2.25. The van der Waals surface area contributed by atoms with Gasteiger partial charge in [0.15, 0.2) is 0 Å². The second-order valence-electron chi connectivity index (χ2n) is 7.98. The third kappa shape index (κ3) is 4.71. The molecule has 180 valence electrons. The van der Waals surface area contributed by atoms with Gasteiger partial charge >= 0.3 is 0 Å². The second-order valence-corrected chi connectivity index (χ2v) is 7.98. The molecule has 4 rings (SSSR count). The molecule has 3 aromatic carbocycles. The van der Waals surface area contributed by atoms with Gasteiger partial charge in [0.2, 0.25) is 0 Å². The van der Waals surface area contributed by atoms with Crippen LogP contribution in [0.5, 0.6) is 17.2 Å². The van der Waals surface area contributed by atoms with Gasteiger partial charge < -0.3 is 24.2 Å². The summed E-state index contributed by atoms with van der Waals surface area (Å²) in [5.74, 6) is -0.141. The molecule has 1 amide bonds. The number of aliphatic hydroxyl groups is 1. The average molecular weight is 474 g/mol. The zero-order valence-electron chi connectivity index (χ0n) is 19.9. The summed E-state index contributed by atoms with van der Waals surface area (Å²) >= 11 is 0. The minimum Gasteiger partial charge on any atom is -0.507 e. The number of ether oxygens (including phenoxy) is 3. The highest BCUT2D eigenvalue weighted by Crippen LogP contribution is 2.42. The summed E-state index contributed by atoms with van der Waals surface area (Å²) in [7, 11) is 2.99. The minimum atomic E-state index is -0.769. The van der Waals surface area contributed by atoms with Crippen molar-refractivity contribution in [2.75, 3.05) is 20.8 Å². The Morgan fingerprint density at radius 1 is 0.914 bits per heavy atom. The number of likely N-dealkylation sites (tertiary alicyclic amines) is 1. The van der Waals surface area contributed by atoms with Crippen LogP contribution in [0, 0.1) is 0 Å². The lowest BCUT2D eigenvalue weighted by Crippen LogP contribution is -2.29. The van der Waals surface area contributed by atoms with Crippen molar-refractivity contribution in [3.8, 4) is 17.2 Å². The van der Waals surface area contributed by atoms with Crippen molar-refractivity contribution in [2.45, 2.75) is 19.5 Å².